The van der Waals surface area contributed by atoms with Gasteiger partial charge in [0.15, 0.2) is 0 Å². The Morgan fingerprint density at radius 3 is 2.58 bits per heavy atom. The molecule has 2 amide bonds. The van der Waals surface area contributed by atoms with E-state index in [-0.39, 0.29) is 35.0 Å². The second-order valence-electron chi connectivity index (χ2n) is 9.36. The highest BCUT2D eigenvalue weighted by Crippen LogP contribution is 2.37. The molecule has 0 radical (unpaired) electrons. The van der Waals surface area contributed by atoms with Gasteiger partial charge < -0.3 is 9.64 Å². The SMILES string of the molecule is CCN1CCC(N2C(=O)SC(=Cc3ccc4c(cnn4Cc4ccc(OC)cc4C(F)(F)F)c3)C2=O)CC1. The number of halogens is 3. The van der Waals surface area contributed by atoms with Gasteiger partial charge in [-0.15, -0.1) is 0 Å². The maximum atomic E-state index is 13.6. The van der Waals surface area contributed by atoms with Crippen LogP contribution in [0.25, 0.3) is 17.0 Å². The molecule has 2 fully saturated rings. The molecule has 5 rings (SSSR count). The zero-order valence-corrected chi connectivity index (χ0v) is 21.8. The van der Waals surface area contributed by atoms with Crippen molar-refractivity contribution in [2.45, 2.75) is 38.5 Å². The summed E-state index contributed by atoms with van der Waals surface area (Å²) in [6.45, 7) is 4.71. The number of nitrogens with zero attached hydrogens (tertiary/aromatic N) is 4. The first kappa shape index (κ1) is 26.3. The number of ether oxygens (including phenoxy) is 1. The highest BCUT2D eigenvalue weighted by atomic mass is 32.2. The normalized spacial score (nSPS) is 18.8. The summed E-state index contributed by atoms with van der Waals surface area (Å²) in [5, 5.41) is 4.77. The average molecular weight is 545 g/mol. The van der Waals surface area contributed by atoms with Crippen molar-refractivity contribution in [1.29, 1.82) is 0 Å². The van der Waals surface area contributed by atoms with Gasteiger partial charge >= 0.3 is 6.18 Å². The van der Waals surface area contributed by atoms with Crippen LogP contribution in [-0.2, 0) is 17.5 Å². The molecule has 2 aromatic carbocycles. The first-order chi connectivity index (χ1) is 18.2. The van der Waals surface area contributed by atoms with E-state index in [1.807, 2.05) is 6.07 Å². The maximum Gasteiger partial charge on any atom is 0.416 e. The first-order valence-electron chi connectivity index (χ1n) is 12.4. The van der Waals surface area contributed by atoms with Gasteiger partial charge in [0, 0.05) is 24.5 Å². The molecule has 0 aliphatic carbocycles. The topological polar surface area (TPSA) is 67.7 Å². The van der Waals surface area contributed by atoms with E-state index >= 15 is 0 Å². The highest BCUT2D eigenvalue weighted by molar-refractivity contribution is 8.18. The van der Waals surface area contributed by atoms with Gasteiger partial charge in [0.25, 0.3) is 11.1 Å². The van der Waals surface area contributed by atoms with Gasteiger partial charge in [0.2, 0.25) is 0 Å². The molecule has 0 atom stereocenters. The van der Waals surface area contributed by atoms with Crippen LogP contribution in [0.2, 0.25) is 0 Å². The van der Waals surface area contributed by atoms with Crippen LogP contribution in [0.1, 0.15) is 36.5 Å². The van der Waals surface area contributed by atoms with Crippen LogP contribution in [0, 0.1) is 0 Å². The summed E-state index contributed by atoms with van der Waals surface area (Å²) < 4.78 is 47.4. The minimum atomic E-state index is -4.53. The molecule has 38 heavy (non-hydrogen) atoms. The monoisotopic (exact) mass is 544 g/mol. The molecular weight excluding hydrogens is 517 g/mol. The third-order valence-electron chi connectivity index (χ3n) is 7.10. The second-order valence-corrected chi connectivity index (χ2v) is 10.4. The Kier molecular flexibility index (Phi) is 7.23. The number of hydrogen-bond donors (Lipinski definition) is 0. The number of amides is 2. The molecular formula is C27H27F3N4O3S. The summed E-state index contributed by atoms with van der Waals surface area (Å²) in [6, 6.07) is 9.13. The summed E-state index contributed by atoms with van der Waals surface area (Å²) in [6.07, 6.45) is 0.282. The molecule has 0 spiro atoms. The third kappa shape index (κ3) is 5.17. The Morgan fingerprint density at radius 2 is 1.89 bits per heavy atom. The summed E-state index contributed by atoms with van der Waals surface area (Å²) in [7, 11) is 1.32. The zero-order chi connectivity index (χ0) is 27.0. The number of carbonyl (C=O) groups is 2. The van der Waals surface area contributed by atoms with E-state index < -0.39 is 11.7 Å². The number of methoxy groups -OCH3 is 1. The van der Waals surface area contributed by atoms with Crippen LogP contribution in [-0.4, -0.2) is 63.5 Å². The molecule has 0 unspecified atom stereocenters. The zero-order valence-electron chi connectivity index (χ0n) is 21.0. The quantitative estimate of drug-likeness (QED) is 0.375. The van der Waals surface area contributed by atoms with Gasteiger partial charge in [-0.05, 0) is 72.6 Å². The number of thioether (sulfide) groups is 1. The number of piperidine rings is 1. The minimum absolute atomic E-state index is 0.0720. The number of benzene rings is 2. The van der Waals surface area contributed by atoms with Crippen molar-refractivity contribution in [2.75, 3.05) is 26.7 Å². The molecule has 2 aliphatic heterocycles. The van der Waals surface area contributed by atoms with Gasteiger partial charge in [-0.3, -0.25) is 19.2 Å². The number of rotatable bonds is 6. The van der Waals surface area contributed by atoms with E-state index in [1.54, 1.807) is 24.4 Å². The number of aromatic nitrogens is 2. The summed E-state index contributed by atoms with van der Waals surface area (Å²) >= 11 is 0.943. The maximum absolute atomic E-state index is 13.6. The number of fused-ring (bicyclic) bond motifs is 1. The van der Waals surface area contributed by atoms with Crippen molar-refractivity contribution in [2.24, 2.45) is 0 Å². The molecule has 0 bridgehead atoms. The van der Waals surface area contributed by atoms with Crippen LogP contribution in [0.4, 0.5) is 18.0 Å². The van der Waals surface area contributed by atoms with Crippen molar-refractivity contribution < 1.29 is 27.5 Å². The number of likely N-dealkylation sites (tertiary alicyclic amines) is 1. The number of imide groups is 1. The van der Waals surface area contributed by atoms with Crippen molar-refractivity contribution in [3.05, 3.63) is 64.2 Å². The molecule has 3 heterocycles. The van der Waals surface area contributed by atoms with Gasteiger partial charge in [-0.2, -0.15) is 18.3 Å². The van der Waals surface area contributed by atoms with E-state index in [1.165, 1.54) is 28.8 Å². The Labute approximate surface area is 222 Å². The van der Waals surface area contributed by atoms with Crippen LogP contribution in [0.3, 0.4) is 0 Å². The number of hydrogen-bond acceptors (Lipinski definition) is 6. The Bertz CT molecular complexity index is 1410. The molecule has 0 saturated carbocycles. The first-order valence-corrected chi connectivity index (χ1v) is 13.2. The van der Waals surface area contributed by atoms with Crippen molar-refractivity contribution >= 4 is 39.9 Å². The second kappa shape index (κ2) is 10.5. The molecule has 11 heteroatoms. The van der Waals surface area contributed by atoms with Gasteiger partial charge in [0.1, 0.15) is 5.75 Å². The van der Waals surface area contributed by atoms with E-state index in [9.17, 15) is 22.8 Å². The fraction of sp³-hybridized carbons (Fsp3) is 0.370. The fourth-order valence-corrected chi connectivity index (χ4v) is 5.91. The highest BCUT2D eigenvalue weighted by Gasteiger charge is 2.40. The molecule has 1 aromatic heterocycles. The lowest BCUT2D eigenvalue weighted by molar-refractivity contribution is -0.138. The molecule has 2 aliphatic rings. The van der Waals surface area contributed by atoms with E-state index in [0.29, 0.717) is 21.4 Å². The fourth-order valence-electron chi connectivity index (χ4n) is 5.01. The van der Waals surface area contributed by atoms with Crippen molar-refractivity contribution in [1.82, 2.24) is 19.6 Å². The number of carbonyl (C=O) groups excluding carboxylic acids is 2. The Hall–Kier alpha value is -3.31. The van der Waals surface area contributed by atoms with Crippen LogP contribution in [0.15, 0.2) is 47.5 Å². The van der Waals surface area contributed by atoms with Gasteiger partial charge in [-0.1, -0.05) is 19.1 Å². The van der Waals surface area contributed by atoms with Crippen LogP contribution >= 0.6 is 11.8 Å². The summed E-state index contributed by atoms with van der Waals surface area (Å²) in [4.78, 5) is 29.8. The lowest BCUT2D eigenvalue weighted by atomic mass is 10.0. The standard InChI is InChI=1S/C27H27F3N4O3S/c1-3-32-10-8-20(9-11-32)34-25(35)24(38-26(34)36)13-17-4-7-23-19(12-17)15-31-33(23)16-18-5-6-21(37-2)14-22(18)27(28,29)30/h4-7,12-15,20H,3,8-11,16H2,1-2H3. The Morgan fingerprint density at radius 1 is 1.13 bits per heavy atom. The predicted octanol–water partition coefficient (Wildman–Crippen LogP) is 5.63. The lowest BCUT2D eigenvalue weighted by Gasteiger charge is -2.34. The van der Waals surface area contributed by atoms with Gasteiger partial charge in [-0.25, -0.2) is 0 Å². The van der Waals surface area contributed by atoms with E-state index in [0.717, 1.165) is 50.3 Å². The smallest absolute Gasteiger partial charge is 0.416 e. The number of alkyl halides is 3. The molecule has 2 saturated heterocycles. The molecule has 200 valence electrons. The van der Waals surface area contributed by atoms with Crippen LogP contribution < -0.4 is 4.74 Å². The van der Waals surface area contributed by atoms with Crippen LogP contribution in [0.5, 0.6) is 5.75 Å². The van der Waals surface area contributed by atoms with Gasteiger partial charge in [0.05, 0.1) is 35.8 Å². The average Bonchev–Trinajstić information content (AvgIpc) is 3.42. The minimum Gasteiger partial charge on any atom is -0.497 e. The lowest BCUT2D eigenvalue weighted by Crippen LogP contribution is -2.46. The Balaban J connectivity index is 1.36. The molecule has 7 nitrogen and oxygen atoms in total. The molecule has 0 N–H and O–H groups in total. The summed E-state index contributed by atoms with van der Waals surface area (Å²) in [5.41, 5.74) is 0.671. The largest absolute Gasteiger partial charge is 0.497 e. The van der Waals surface area contributed by atoms with E-state index in [2.05, 4.69) is 16.9 Å². The van der Waals surface area contributed by atoms with E-state index in [4.69, 9.17) is 4.74 Å². The van der Waals surface area contributed by atoms with Crippen molar-refractivity contribution in [3.8, 4) is 5.75 Å². The summed E-state index contributed by atoms with van der Waals surface area (Å²) in [5.74, 6) is -0.142. The third-order valence-corrected chi connectivity index (χ3v) is 7.98. The predicted molar refractivity (Wildman–Crippen MR) is 140 cm³/mol. The molecule has 3 aromatic rings. The van der Waals surface area contributed by atoms with Crippen molar-refractivity contribution in [3.63, 3.8) is 0 Å².